The van der Waals surface area contributed by atoms with Gasteiger partial charge in [-0.2, -0.15) is 5.26 Å². The van der Waals surface area contributed by atoms with Crippen molar-refractivity contribution in [3.8, 4) is 6.07 Å². The summed E-state index contributed by atoms with van der Waals surface area (Å²) in [6.07, 6.45) is 0.620. The van der Waals surface area contributed by atoms with Crippen LogP contribution in [0.4, 0.5) is 5.69 Å². The molecule has 0 radical (unpaired) electrons. The Morgan fingerprint density at radius 2 is 2.22 bits per heavy atom. The quantitative estimate of drug-likeness (QED) is 0.831. The highest BCUT2D eigenvalue weighted by molar-refractivity contribution is 7.91. The van der Waals surface area contributed by atoms with E-state index >= 15 is 0 Å². The van der Waals surface area contributed by atoms with Crippen molar-refractivity contribution in [1.82, 2.24) is 0 Å². The highest BCUT2D eigenvalue weighted by Gasteiger charge is 2.31. The zero-order valence-corrected chi connectivity index (χ0v) is 11.5. The van der Waals surface area contributed by atoms with Gasteiger partial charge in [-0.3, -0.25) is 0 Å². The SMILES string of the molecule is CN(c1ccc(C#N)cc1Cl)C1CCS(=O)(=O)C1. The van der Waals surface area contributed by atoms with Crippen LogP contribution in [0.25, 0.3) is 0 Å². The summed E-state index contributed by atoms with van der Waals surface area (Å²) in [4.78, 5) is 1.88. The Morgan fingerprint density at radius 1 is 1.50 bits per heavy atom. The third-order valence-corrected chi connectivity index (χ3v) is 5.27. The van der Waals surface area contributed by atoms with Crippen LogP contribution in [0.3, 0.4) is 0 Å². The van der Waals surface area contributed by atoms with Crippen LogP contribution in [0.5, 0.6) is 0 Å². The molecule has 4 nitrogen and oxygen atoms in total. The van der Waals surface area contributed by atoms with Crippen molar-refractivity contribution in [3.63, 3.8) is 0 Å². The van der Waals surface area contributed by atoms with Gasteiger partial charge in [0.2, 0.25) is 0 Å². The van der Waals surface area contributed by atoms with Crippen molar-refractivity contribution in [2.75, 3.05) is 23.5 Å². The Kier molecular flexibility index (Phi) is 3.51. The number of sulfone groups is 1. The number of nitriles is 1. The average molecular weight is 285 g/mol. The molecule has 1 saturated heterocycles. The monoisotopic (exact) mass is 284 g/mol. The third-order valence-electron chi connectivity index (χ3n) is 3.21. The van der Waals surface area contributed by atoms with Gasteiger partial charge in [0, 0.05) is 13.1 Å². The molecule has 1 fully saturated rings. The van der Waals surface area contributed by atoms with Gasteiger partial charge in [0.1, 0.15) is 0 Å². The topological polar surface area (TPSA) is 61.2 Å². The summed E-state index contributed by atoms with van der Waals surface area (Å²) in [5.41, 5.74) is 1.26. The predicted molar refractivity (Wildman–Crippen MR) is 71.6 cm³/mol. The van der Waals surface area contributed by atoms with Crippen LogP contribution in [0.2, 0.25) is 5.02 Å². The fraction of sp³-hybridized carbons (Fsp3) is 0.417. The summed E-state index contributed by atoms with van der Waals surface area (Å²) in [5, 5.41) is 9.24. The van der Waals surface area contributed by atoms with E-state index in [4.69, 9.17) is 16.9 Å². The molecule has 18 heavy (non-hydrogen) atoms. The van der Waals surface area contributed by atoms with Crippen molar-refractivity contribution in [1.29, 1.82) is 5.26 Å². The van der Waals surface area contributed by atoms with Crippen LogP contribution in [0.15, 0.2) is 18.2 Å². The van der Waals surface area contributed by atoms with Crippen molar-refractivity contribution in [2.24, 2.45) is 0 Å². The zero-order valence-electron chi connectivity index (χ0n) is 9.93. The molecule has 1 aliphatic heterocycles. The lowest BCUT2D eigenvalue weighted by molar-refractivity contribution is 0.601. The van der Waals surface area contributed by atoms with Gasteiger partial charge in [-0.25, -0.2) is 8.42 Å². The minimum atomic E-state index is -2.91. The first-order valence-corrected chi connectivity index (χ1v) is 7.76. The van der Waals surface area contributed by atoms with E-state index < -0.39 is 9.84 Å². The van der Waals surface area contributed by atoms with E-state index in [1.54, 1.807) is 18.2 Å². The standard InChI is InChI=1S/C12H13ClN2O2S/c1-15(10-4-5-18(16,17)8-10)12-3-2-9(7-14)6-11(12)13/h2-3,6,10H,4-5,8H2,1H3. The molecular weight excluding hydrogens is 272 g/mol. The summed E-state index contributed by atoms with van der Waals surface area (Å²) in [7, 11) is -1.08. The lowest BCUT2D eigenvalue weighted by atomic mass is 10.1. The number of hydrogen-bond donors (Lipinski definition) is 0. The Morgan fingerprint density at radius 3 is 2.72 bits per heavy atom. The Labute approximate surface area is 112 Å². The molecule has 0 aliphatic carbocycles. The first-order chi connectivity index (χ1) is 8.43. The molecule has 6 heteroatoms. The smallest absolute Gasteiger partial charge is 0.152 e. The van der Waals surface area contributed by atoms with Crippen LogP contribution in [-0.2, 0) is 9.84 Å². The van der Waals surface area contributed by atoms with Gasteiger partial charge in [-0.1, -0.05) is 11.6 Å². The van der Waals surface area contributed by atoms with Gasteiger partial charge >= 0.3 is 0 Å². The molecule has 0 aromatic heterocycles. The van der Waals surface area contributed by atoms with Gasteiger partial charge in [-0.15, -0.1) is 0 Å². The molecule has 0 saturated carbocycles. The lowest BCUT2D eigenvalue weighted by Gasteiger charge is -2.26. The van der Waals surface area contributed by atoms with Gasteiger partial charge in [0.05, 0.1) is 33.8 Å². The van der Waals surface area contributed by atoms with Crippen LogP contribution < -0.4 is 4.90 Å². The van der Waals surface area contributed by atoms with E-state index in [2.05, 4.69) is 0 Å². The van der Waals surface area contributed by atoms with Crippen LogP contribution in [0, 0.1) is 11.3 Å². The summed E-state index contributed by atoms with van der Waals surface area (Å²) >= 11 is 6.11. The van der Waals surface area contributed by atoms with Gasteiger partial charge < -0.3 is 4.90 Å². The zero-order chi connectivity index (χ0) is 13.3. The van der Waals surface area contributed by atoms with Gasteiger partial charge in [0.25, 0.3) is 0 Å². The van der Waals surface area contributed by atoms with Crippen LogP contribution in [0.1, 0.15) is 12.0 Å². The summed E-state index contributed by atoms with van der Waals surface area (Å²) < 4.78 is 22.9. The fourth-order valence-corrected chi connectivity index (χ4v) is 4.23. The summed E-state index contributed by atoms with van der Waals surface area (Å²) in [5.74, 6) is 0.399. The molecule has 96 valence electrons. The van der Waals surface area contributed by atoms with E-state index in [0.717, 1.165) is 5.69 Å². The van der Waals surface area contributed by atoms with Crippen molar-refractivity contribution in [2.45, 2.75) is 12.5 Å². The highest BCUT2D eigenvalue weighted by atomic mass is 35.5. The molecule has 1 aromatic carbocycles. The molecule has 0 N–H and O–H groups in total. The molecule has 1 aliphatic rings. The van der Waals surface area contributed by atoms with Crippen LogP contribution >= 0.6 is 11.6 Å². The van der Waals surface area contributed by atoms with E-state index in [1.807, 2.05) is 18.0 Å². The van der Waals surface area contributed by atoms with Gasteiger partial charge in [-0.05, 0) is 24.6 Å². The average Bonchev–Trinajstić information content (AvgIpc) is 2.68. The van der Waals surface area contributed by atoms with Crippen LogP contribution in [-0.4, -0.2) is 33.0 Å². The Hall–Kier alpha value is -1.25. The molecule has 0 amide bonds. The normalized spacial score (nSPS) is 21.5. The predicted octanol–water partition coefficient (Wildman–Crippen LogP) is 1.83. The molecule has 1 heterocycles. The minimum Gasteiger partial charge on any atom is -0.369 e. The van der Waals surface area contributed by atoms with Gasteiger partial charge in [0.15, 0.2) is 9.84 Å². The van der Waals surface area contributed by atoms with Crippen molar-refractivity contribution < 1.29 is 8.42 Å². The highest BCUT2D eigenvalue weighted by Crippen LogP contribution is 2.30. The molecule has 1 atom stereocenters. The second kappa shape index (κ2) is 4.79. The molecular formula is C12H13ClN2O2S. The second-order valence-electron chi connectivity index (χ2n) is 4.45. The molecule has 1 unspecified atom stereocenters. The number of nitrogens with zero attached hydrogens (tertiary/aromatic N) is 2. The molecule has 0 bridgehead atoms. The first kappa shape index (κ1) is 13.2. The van der Waals surface area contributed by atoms with E-state index in [9.17, 15) is 8.42 Å². The molecule has 2 rings (SSSR count). The maximum atomic E-state index is 11.5. The number of halogens is 1. The van der Waals surface area contributed by atoms with E-state index in [1.165, 1.54) is 0 Å². The first-order valence-electron chi connectivity index (χ1n) is 5.56. The maximum absolute atomic E-state index is 11.5. The van der Waals surface area contributed by atoms with E-state index in [-0.39, 0.29) is 17.5 Å². The molecule has 1 aromatic rings. The third kappa shape index (κ3) is 2.60. The number of rotatable bonds is 2. The maximum Gasteiger partial charge on any atom is 0.152 e. The fourth-order valence-electron chi connectivity index (χ4n) is 2.14. The lowest BCUT2D eigenvalue weighted by Crippen LogP contribution is -2.32. The largest absolute Gasteiger partial charge is 0.369 e. The Balaban J connectivity index is 2.25. The van der Waals surface area contributed by atoms with Crippen molar-refractivity contribution in [3.05, 3.63) is 28.8 Å². The number of anilines is 1. The van der Waals surface area contributed by atoms with E-state index in [0.29, 0.717) is 17.0 Å². The van der Waals surface area contributed by atoms with Crippen molar-refractivity contribution >= 4 is 27.1 Å². The summed E-state index contributed by atoms with van der Waals surface area (Å²) in [6.45, 7) is 0. The molecule has 0 spiro atoms. The Bertz CT molecular complexity index is 607. The number of hydrogen-bond acceptors (Lipinski definition) is 4. The minimum absolute atomic E-state index is 0.0413. The summed E-state index contributed by atoms with van der Waals surface area (Å²) in [6, 6.07) is 7.01. The number of benzene rings is 1. The second-order valence-corrected chi connectivity index (χ2v) is 7.08.